The van der Waals surface area contributed by atoms with Gasteiger partial charge in [0.25, 0.3) is 0 Å². The van der Waals surface area contributed by atoms with E-state index in [-0.39, 0.29) is 65.0 Å². The number of rotatable bonds is 2. The van der Waals surface area contributed by atoms with Crippen LogP contribution in [0, 0.1) is 11.6 Å². The molecule has 0 bridgehead atoms. The van der Waals surface area contributed by atoms with Crippen molar-refractivity contribution in [3.63, 3.8) is 0 Å². The lowest BCUT2D eigenvalue weighted by Crippen LogP contribution is -2.41. The van der Waals surface area contributed by atoms with Crippen LogP contribution in [0.1, 0.15) is 59.5 Å². The van der Waals surface area contributed by atoms with Gasteiger partial charge in [0.1, 0.15) is 11.6 Å². The minimum absolute atomic E-state index is 0.0149. The Balaban J connectivity index is 0.000000208. The summed E-state index contributed by atoms with van der Waals surface area (Å²) in [7, 11) is 57.1. The van der Waals surface area contributed by atoms with Crippen LogP contribution in [-0.2, 0) is 442 Å². The Labute approximate surface area is 784 Å². The van der Waals surface area contributed by atoms with Gasteiger partial charge in [0.05, 0.1) is 30.8 Å². The summed E-state index contributed by atoms with van der Waals surface area (Å²) >= 11 is 34.6. The zero-order valence-corrected chi connectivity index (χ0v) is 94.3. The summed E-state index contributed by atoms with van der Waals surface area (Å²) in [6.45, 7) is 7.87. The van der Waals surface area contributed by atoms with Crippen molar-refractivity contribution in [3.8, 4) is 11.1 Å². The number of thiophene rings is 2. The minimum atomic E-state index is -3.78. The highest BCUT2D eigenvalue weighted by molar-refractivity contribution is 9.10. The van der Waals surface area contributed by atoms with Crippen molar-refractivity contribution in [1.29, 1.82) is 0 Å². The second kappa shape index (κ2) is 57.3. The van der Waals surface area contributed by atoms with Crippen LogP contribution in [0.2, 0.25) is 0 Å². The smallest absolute Gasteiger partial charge is 0.399 e. The summed E-state index contributed by atoms with van der Waals surface area (Å²) in [5.41, 5.74) is 1.08. The van der Waals surface area contributed by atoms with Crippen molar-refractivity contribution in [2.45, 2.75) is 58.5 Å². The highest BCUT2D eigenvalue weighted by Gasteiger charge is 2.52. The Morgan fingerprint density at radius 2 is 0.661 bits per heavy atom. The summed E-state index contributed by atoms with van der Waals surface area (Å²) in [4.78, 5) is 25.3. The van der Waals surface area contributed by atoms with E-state index in [2.05, 4.69) is 15.9 Å². The monoisotopic (exact) mass is 2430 g/mol. The van der Waals surface area contributed by atoms with Crippen LogP contribution in [0.3, 0.4) is 0 Å². The van der Waals surface area contributed by atoms with Crippen LogP contribution in [0.25, 0.3) is 31.3 Å². The molecule has 0 aliphatic carbocycles. The van der Waals surface area contributed by atoms with E-state index in [9.17, 15) is 35.2 Å². The minimum Gasteiger partial charge on any atom is -0.399 e. The van der Waals surface area contributed by atoms with E-state index in [1.54, 1.807) is 366 Å². The number of carbonyl (C=O) groups excluding carboxylic acids is 2. The number of carbonyl (C=O) groups is 2. The predicted octanol–water partition coefficient (Wildman–Crippen LogP) is 11.1. The molecular weight excluding hydrogens is 2400 g/mol. The van der Waals surface area contributed by atoms with Gasteiger partial charge >= 0.3 is 7.12 Å². The Hall–Kier alpha value is 4.70. The van der Waals surface area contributed by atoms with Gasteiger partial charge in [-0.3, -0.25) is 9.59 Å². The van der Waals surface area contributed by atoms with Gasteiger partial charge in [0.2, 0.25) is 19.7 Å². The number of halogens is 3. The lowest BCUT2D eigenvalue weighted by Gasteiger charge is -2.32. The van der Waals surface area contributed by atoms with Crippen molar-refractivity contribution in [1.82, 2.24) is 0 Å². The van der Waals surface area contributed by atoms with Gasteiger partial charge in [-0.05, 0) is 129 Å². The molecule has 1 saturated heterocycles. The predicted molar refractivity (Wildman–Crippen MR) is 581 cm³/mol. The van der Waals surface area contributed by atoms with E-state index in [0.717, 1.165) is 9.40 Å². The Morgan fingerprint density at radius 1 is 0.358 bits per heavy atom. The molecule has 592 valence electrons. The van der Waals surface area contributed by atoms with E-state index < -0.39 is 38.0 Å². The van der Waals surface area contributed by atoms with Crippen molar-refractivity contribution < 1.29 is 44.5 Å². The number of fused-ring (bicyclic) bond motifs is 6. The van der Waals surface area contributed by atoms with Crippen molar-refractivity contribution >= 4 is 516 Å². The third-order valence-electron chi connectivity index (χ3n) is 12.8. The van der Waals surface area contributed by atoms with Crippen LogP contribution in [-0.4, -0.2) is 46.7 Å². The zero-order chi connectivity index (χ0) is 79.1. The van der Waals surface area contributed by atoms with Crippen molar-refractivity contribution in [2.75, 3.05) is 0 Å². The maximum absolute atomic E-state index is 14.9. The molecule has 8 aromatic rings. The lowest BCUT2D eigenvalue weighted by atomic mass is 9.78. The quantitative estimate of drug-likeness (QED) is 0.153. The molecule has 1 fully saturated rings. The van der Waals surface area contributed by atoms with Crippen LogP contribution in [0.5, 0.6) is 0 Å². The molecule has 61 heteroatoms. The van der Waals surface area contributed by atoms with E-state index in [1.165, 1.54) is 112 Å². The van der Waals surface area contributed by atoms with E-state index >= 15 is 0 Å². The number of hydrogen-bond acceptors (Lipinski definition) is 16. The first kappa shape index (κ1) is 103. The molecule has 0 atom stereocenters. The number of sulfone groups is 2. The summed E-state index contributed by atoms with van der Waals surface area (Å²) in [6.07, 6.45) is 0. The zero-order valence-electron chi connectivity index (χ0n) is 52.7. The summed E-state index contributed by atoms with van der Waals surface area (Å²) in [6, 6.07) is 32.2. The molecule has 3 aliphatic rings. The maximum Gasteiger partial charge on any atom is 0.497 e. The number of hydrogen-bond donors (Lipinski definition) is 0. The Morgan fingerprint density at radius 3 is 1.02 bits per heavy atom. The number of benzene rings is 6. The molecule has 8 nitrogen and oxygen atoms in total. The van der Waals surface area contributed by atoms with Crippen LogP contribution < -0.4 is 5.46 Å². The summed E-state index contributed by atoms with van der Waals surface area (Å²) in [5, 5.41) is 4.86. The van der Waals surface area contributed by atoms with E-state index in [0.29, 0.717) is 31.8 Å². The second-order valence-electron chi connectivity index (χ2n) is 18.8. The fraction of sp³-hybridized carbons (Fsp3) is 0.125. The third-order valence-corrected chi connectivity index (χ3v) is 98.8. The molecule has 109 heavy (non-hydrogen) atoms. The van der Waals surface area contributed by atoms with Gasteiger partial charge in [-0.25, -0.2) is 25.6 Å². The molecule has 0 radical (unpaired) electrons. The average Bonchev–Trinajstić information content (AvgIpc) is 1.69. The molecule has 0 spiro atoms. The van der Waals surface area contributed by atoms with Gasteiger partial charge in [0, 0.05) is 471 Å². The molecule has 11 rings (SSSR count). The van der Waals surface area contributed by atoms with Crippen LogP contribution in [0.15, 0.2) is 156 Å². The van der Waals surface area contributed by atoms with Gasteiger partial charge in [-0.2, -0.15) is 0 Å². The second-order valence-corrected chi connectivity index (χ2v) is 94.4. The maximum atomic E-state index is 14.9. The first-order chi connectivity index (χ1) is 52.6. The highest BCUT2D eigenvalue weighted by Crippen LogP contribution is 2.40. The average molecular weight is 2440 g/mol. The fourth-order valence-corrected chi connectivity index (χ4v) is 104. The summed E-state index contributed by atoms with van der Waals surface area (Å²) in [5.74, 6) is -1.23. The van der Waals surface area contributed by atoms with Gasteiger partial charge in [-0.1, -0.05) is 52.3 Å². The Kier molecular flexibility index (Phi) is 53.9. The third kappa shape index (κ3) is 34.0. The van der Waals surface area contributed by atoms with Gasteiger partial charge < -0.3 is 9.31 Å². The summed E-state index contributed by atoms with van der Waals surface area (Å²) < 4.78 is 94.2. The molecule has 5 heterocycles. The van der Waals surface area contributed by atoms with Crippen molar-refractivity contribution in [3.05, 3.63) is 170 Å². The SMILES string of the molecule is CC1(C)OB(c2ccc3sccc3c2F)OC1(C)C.O=C1c2ccccc2S(=O)(=O)c2ccc(-c3ccc4sccc4c3F)cc21.O=C1c2ccccc2S(=O)(=O)c2ccc(Br)cc21.S=S=S=S=S=S=S=S=S=S=S=S=S=S.S=S=S=S=S=S=S=S=S=S=S=S=S=S=S.S=S=S=S=S=S=S=S=S=S=S=S=S=S=S=S. The largest absolute Gasteiger partial charge is 0.497 e. The number of ketones is 2. The molecule has 0 N–H and O–H groups in total. The first-order valence-electron chi connectivity index (χ1n) is 26.7. The van der Waals surface area contributed by atoms with Crippen molar-refractivity contribution in [2.24, 2.45) is 0 Å². The highest BCUT2D eigenvalue weighted by atomic mass is 79.9. The molecular formula is C48H34BBrF2O8S49. The van der Waals surface area contributed by atoms with Gasteiger partial charge in [0.15, 0.2) is 11.6 Å². The molecule has 0 unspecified atom stereocenters. The van der Waals surface area contributed by atoms with E-state index in [1.807, 2.05) is 50.6 Å². The first-order valence-corrected chi connectivity index (χ1v) is 88.2. The molecule has 6 aromatic carbocycles. The Bertz CT molecular complexity index is 6930. The van der Waals surface area contributed by atoms with Crippen LogP contribution >= 0.6 is 38.6 Å². The molecule has 2 aromatic heterocycles. The topological polar surface area (TPSA) is 121 Å². The molecule has 3 aliphatic heterocycles. The fourth-order valence-electron chi connectivity index (χ4n) is 8.11. The standard InChI is InChI=1S/C21H11FO3S2.C14H16BFO2S.C13H7BrO3S.S16.S15.S14/c22-20-13(6-7-17-14(20)9-10-26-17)12-5-8-19-16(11-12)21(23)15-3-1-2-4-18(15)27(19,24)25;1-13(2)14(3,4)18-15(17-13)10-5-6-11-9(12(10)16)7-8-19-11;14-8-5-6-12-10(7-8)13(15)9-3-1-2-4-11(9)18(12,16)17;1-3-5-7-9-11-13-15-16-14-12-10-8-6-4-2;1-3-5-7-9-11-13-15-14-12-10-8-6-4-2;1-3-5-7-9-11-13-14-12-10-8-6-4-2/h1-11H;5-8H,1-4H3;1-7H;;;. The normalized spacial score (nSPS) is 13.0. The lowest BCUT2D eigenvalue weighted by molar-refractivity contribution is 0.00578. The van der Waals surface area contributed by atoms with Gasteiger partial charge in [-0.15, -0.1) is 22.7 Å². The molecule has 0 amide bonds. The van der Waals surface area contributed by atoms with E-state index in [4.69, 9.17) is 76.4 Å². The van der Waals surface area contributed by atoms with Crippen LogP contribution in [0.4, 0.5) is 8.78 Å². The molecule has 0 saturated carbocycles.